The van der Waals surface area contributed by atoms with E-state index in [1.807, 2.05) is 6.92 Å². The van der Waals surface area contributed by atoms with E-state index < -0.39 is 9.84 Å². The Bertz CT molecular complexity index is 607. The van der Waals surface area contributed by atoms with Crippen molar-refractivity contribution >= 4 is 9.84 Å². The van der Waals surface area contributed by atoms with Crippen molar-refractivity contribution in [3.05, 3.63) is 54.6 Å². The van der Waals surface area contributed by atoms with Gasteiger partial charge in [0.25, 0.3) is 0 Å². The van der Waals surface area contributed by atoms with E-state index >= 15 is 0 Å². The van der Waals surface area contributed by atoms with Crippen LogP contribution in [0.25, 0.3) is 0 Å². The van der Waals surface area contributed by atoms with Crippen LogP contribution in [-0.4, -0.2) is 15.0 Å². The van der Waals surface area contributed by atoms with Crippen LogP contribution in [0.5, 0.6) is 5.75 Å². The Hall–Kier alpha value is -0.706. The molecule has 0 heterocycles. The van der Waals surface area contributed by atoms with Crippen LogP contribution in [-0.2, 0) is 42.5 Å². The van der Waals surface area contributed by atoms with E-state index in [9.17, 15) is 8.42 Å². The van der Waals surface area contributed by atoms with E-state index in [0.717, 1.165) is 0 Å². The van der Waals surface area contributed by atoms with Gasteiger partial charge in [0, 0.05) is 32.7 Å². The maximum atomic E-state index is 12.2. The molecule has 0 N–H and O–H groups in total. The largest absolute Gasteiger partial charge is 0.494 e. The molecule has 0 saturated carbocycles. The molecule has 0 fully saturated rings. The summed E-state index contributed by atoms with van der Waals surface area (Å²) in [7, 11) is -3.45. The monoisotopic (exact) mass is 366 g/mol. The predicted octanol–water partition coefficient (Wildman–Crippen LogP) is 3.35. The maximum absolute atomic E-state index is 12.2. The first-order valence-corrected chi connectivity index (χ1v) is 7.07. The summed E-state index contributed by atoms with van der Waals surface area (Å²) in [5.74, 6) is 0.665. The zero-order chi connectivity index (χ0) is 13.0. The van der Waals surface area contributed by atoms with E-state index in [4.69, 9.17) is 4.74 Å². The summed E-state index contributed by atoms with van der Waals surface area (Å²) in [6, 6.07) is 15.5. The van der Waals surface area contributed by atoms with Gasteiger partial charge in [0.05, 0.1) is 11.5 Å². The average molecular weight is 366 g/mol. The summed E-state index contributed by atoms with van der Waals surface area (Å²) in [5, 5.41) is 0. The number of hydrogen-bond donors (Lipinski definition) is 0. The molecule has 0 aliphatic rings. The fourth-order valence-corrected chi connectivity index (χ4v) is 2.83. The molecular weight excluding hydrogens is 349 g/mol. The van der Waals surface area contributed by atoms with Gasteiger partial charge in [-0.25, -0.2) is 8.42 Å². The Morgan fingerprint density at radius 2 is 1.50 bits per heavy atom. The Kier molecular flexibility index (Phi) is 8.25. The van der Waals surface area contributed by atoms with Crippen LogP contribution >= 0.6 is 0 Å². The van der Waals surface area contributed by atoms with Crippen molar-refractivity contribution in [3.63, 3.8) is 0 Å². The van der Waals surface area contributed by atoms with Crippen LogP contribution in [0.4, 0.5) is 0 Å². The molecule has 0 aliphatic heterocycles. The molecule has 0 aliphatic carbocycles. The first kappa shape index (κ1) is 19.3. The van der Waals surface area contributed by atoms with E-state index in [0.29, 0.717) is 12.4 Å². The SMILES string of the molecule is C.CCOc1ccc(S(=O)(=O)c2cc[c-]cc2)cc1.[Y]. The van der Waals surface area contributed by atoms with Crippen LogP contribution in [0, 0.1) is 6.07 Å². The van der Waals surface area contributed by atoms with Crippen LogP contribution < -0.4 is 4.74 Å². The average Bonchev–Trinajstić information content (AvgIpc) is 2.41. The minimum absolute atomic E-state index is 0. The summed E-state index contributed by atoms with van der Waals surface area (Å²) in [5.41, 5.74) is 0. The summed E-state index contributed by atoms with van der Waals surface area (Å²) < 4.78 is 29.8. The Morgan fingerprint density at radius 3 is 2.00 bits per heavy atom. The number of benzene rings is 2. The zero-order valence-corrected chi connectivity index (χ0v) is 14.2. The Morgan fingerprint density at radius 1 is 1.00 bits per heavy atom. The van der Waals surface area contributed by atoms with Gasteiger partial charge in [0.1, 0.15) is 5.75 Å². The fourth-order valence-electron chi connectivity index (χ4n) is 1.57. The molecule has 0 bridgehead atoms. The van der Waals surface area contributed by atoms with E-state index in [2.05, 4.69) is 6.07 Å². The number of hydrogen-bond acceptors (Lipinski definition) is 3. The molecule has 0 unspecified atom stereocenters. The first-order valence-electron chi connectivity index (χ1n) is 5.58. The van der Waals surface area contributed by atoms with Gasteiger partial charge >= 0.3 is 0 Å². The van der Waals surface area contributed by atoms with Crippen LogP contribution in [0.2, 0.25) is 0 Å². The van der Waals surface area contributed by atoms with Gasteiger partial charge in [0.15, 0.2) is 9.84 Å². The molecule has 5 heteroatoms. The molecule has 0 atom stereocenters. The summed E-state index contributed by atoms with van der Waals surface area (Å²) in [6.45, 7) is 2.44. The number of ether oxygens (including phenoxy) is 1. The van der Waals surface area contributed by atoms with Crippen molar-refractivity contribution in [1.29, 1.82) is 0 Å². The molecule has 20 heavy (non-hydrogen) atoms. The molecule has 2 rings (SSSR count). The second-order valence-electron chi connectivity index (χ2n) is 3.64. The Balaban J connectivity index is 0.00000180. The third-order valence-electron chi connectivity index (χ3n) is 2.44. The molecule has 1 radical (unpaired) electrons. The fraction of sp³-hybridized carbons (Fsp3) is 0.200. The third kappa shape index (κ3) is 4.40. The van der Waals surface area contributed by atoms with Gasteiger partial charge in [-0.05, 0) is 36.1 Å². The van der Waals surface area contributed by atoms with Crippen LogP contribution in [0.3, 0.4) is 0 Å². The van der Waals surface area contributed by atoms with Crippen molar-refractivity contribution in [2.45, 2.75) is 24.1 Å². The molecular formula is C15H17O3SY-. The maximum Gasteiger partial charge on any atom is 0.184 e. The van der Waals surface area contributed by atoms with E-state index in [1.54, 1.807) is 36.4 Å². The van der Waals surface area contributed by atoms with Crippen LogP contribution in [0.1, 0.15) is 14.4 Å². The molecule has 2 aromatic rings. The zero-order valence-electron chi connectivity index (χ0n) is 10.5. The second-order valence-corrected chi connectivity index (χ2v) is 5.59. The molecule has 0 amide bonds. The minimum atomic E-state index is -3.45. The van der Waals surface area contributed by atoms with Crippen LogP contribution in [0.15, 0.2) is 58.3 Å². The van der Waals surface area contributed by atoms with Gasteiger partial charge in [-0.2, -0.15) is 30.3 Å². The number of rotatable bonds is 4. The van der Waals surface area contributed by atoms with E-state index in [-0.39, 0.29) is 49.9 Å². The van der Waals surface area contributed by atoms with Crippen molar-refractivity contribution in [1.82, 2.24) is 0 Å². The number of sulfone groups is 1. The first-order chi connectivity index (χ1) is 8.64. The van der Waals surface area contributed by atoms with Gasteiger partial charge in [0.2, 0.25) is 0 Å². The summed E-state index contributed by atoms with van der Waals surface area (Å²) >= 11 is 0. The molecule has 105 valence electrons. The normalized spacial score (nSPS) is 10.1. The second kappa shape index (κ2) is 8.55. The Labute approximate surface area is 146 Å². The topological polar surface area (TPSA) is 43.4 Å². The molecule has 3 nitrogen and oxygen atoms in total. The summed E-state index contributed by atoms with van der Waals surface area (Å²) in [6.07, 6.45) is 0. The van der Waals surface area contributed by atoms with Gasteiger partial charge in [-0.3, -0.25) is 0 Å². The molecule has 0 saturated heterocycles. The van der Waals surface area contributed by atoms with Crippen molar-refractivity contribution < 1.29 is 45.9 Å². The van der Waals surface area contributed by atoms with Gasteiger partial charge in [-0.15, -0.1) is 0 Å². The summed E-state index contributed by atoms with van der Waals surface area (Å²) in [4.78, 5) is 0.530. The molecule has 2 aromatic carbocycles. The molecule has 0 aromatic heterocycles. The minimum Gasteiger partial charge on any atom is -0.494 e. The predicted molar refractivity (Wildman–Crippen MR) is 75.1 cm³/mol. The van der Waals surface area contributed by atoms with Crippen molar-refractivity contribution in [2.24, 2.45) is 0 Å². The standard InChI is InChI=1S/C14H13O3S.CH4.Y/c1-2-17-12-8-10-14(11-9-12)18(15,16)13-6-4-3-5-7-13;;/h4-11H,2H2,1H3;1H4;/q-1;;. The van der Waals surface area contributed by atoms with Crippen molar-refractivity contribution in [2.75, 3.05) is 6.61 Å². The smallest absolute Gasteiger partial charge is 0.184 e. The third-order valence-corrected chi connectivity index (χ3v) is 4.23. The quantitative estimate of drug-likeness (QED) is 0.780. The van der Waals surface area contributed by atoms with Gasteiger partial charge in [-0.1, -0.05) is 7.43 Å². The van der Waals surface area contributed by atoms with Gasteiger partial charge < -0.3 is 4.74 Å². The van der Waals surface area contributed by atoms with E-state index in [1.165, 1.54) is 12.1 Å². The molecule has 0 spiro atoms. The van der Waals surface area contributed by atoms with Crippen molar-refractivity contribution in [3.8, 4) is 5.75 Å².